The van der Waals surface area contributed by atoms with Gasteiger partial charge in [-0.1, -0.05) is 11.6 Å². The van der Waals surface area contributed by atoms with Crippen LogP contribution in [0, 0.1) is 11.3 Å². The normalized spacial score (nSPS) is 28.0. The molecule has 0 spiro atoms. The van der Waals surface area contributed by atoms with E-state index in [2.05, 4.69) is 0 Å². The summed E-state index contributed by atoms with van der Waals surface area (Å²) in [4.78, 5) is 0. The second kappa shape index (κ2) is 3.85. The molecule has 0 bridgehead atoms. The molecule has 0 fully saturated rings. The van der Waals surface area contributed by atoms with Crippen molar-refractivity contribution in [2.45, 2.75) is 18.6 Å². The van der Waals surface area contributed by atoms with Gasteiger partial charge in [0.05, 0.1) is 0 Å². The van der Waals surface area contributed by atoms with Crippen LogP contribution in [0.2, 0.25) is 5.02 Å². The Labute approximate surface area is 98.0 Å². The summed E-state index contributed by atoms with van der Waals surface area (Å²) in [5.41, 5.74) is -1.65. The van der Waals surface area contributed by atoms with Gasteiger partial charge >= 0.3 is 0 Å². The van der Waals surface area contributed by atoms with Crippen molar-refractivity contribution < 1.29 is 14.6 Å². The molecule has 5 heteroatoms. The van der Waals surface area contributed by atoms with E-state index in [4.69, 9.17) is 26.3 Å². The predicted octanol–water partition coefficient (Wildman–Crippen LogP) is 1.75. The van der Waals surface area contributed by atoms with Crippen LogP contribution in [0.4, 0.5) is 0 Å². The first kappa shape index (κ1) is 11.1. The number of nitriles is 1. The molecule has 2 atom stereocenters. The maximum Gasteiger partial charge on any atom is 0.222 e. The van der Waals surface area contributed by atoms with Gasteiger partial charge in [-0.25, -0.2) is 0 Å². The number of rotatable bonds is 0. The molecule has 0 saturated heterocycles. The zero-order chi connectivity index (χ0) is 11.8. The fraction of sp³-hybridized carbons (Fsp3) is 0.364. The molecule has 1 aliphatic rings. The van der Waals surface area contributed by atoms with Crippen molar-refractivity contribution >= 4 is 11.6 Å². The van der Waals surface area contributed by atoms with Crippen LogP contribution < -0.4 is 9.47 Å². The molecule has 0 amide bonds. The van der Waals surface area contributed by atoms with Gasteiger partial charge < -0.3 is 14.6 Å². The zero-order valence-corrected chi connectivity index (χ0v) is 9.36. The van der Waals surface area contributed by atoms with Gasteiger partial charge in [0.25, 0.3) is 0 Å². The maximum atomic E-state index is 9.93. The first-order valence-electron chi connectivity index (χ1n) is 4.78. The van der Waals surface area contributed by atoms with Crippen molar-refractivity contribution in [3.63, 3.8) is 0 Å². The lowest BCUT2D eigenvalue weighted by Gasteiger charge is -2.23. The molecule has 16 heavy (non-hydrogen) atoms. The van der Waals surface area contributed by atoms with E-state index < -0.39 is 11.7 Å². The van der Waals surface area contributed by atoms with Gasteiger partial charge in [0.15, 0.2) is 11.5 Å². The quantitative estimate of drug-likeness (QED) is 0.701. The molecule has 2 unspecified atom stereocenters. The van der Waals surface area contributed by atoms with Gasteiger partial charge in [0, 0.05) is 11.1 Å². The summed E-state index contributed by atoms with van der Waals surface area (Å²) in [6, 6.07) is 6.69. The van der Waals surface area contributed by atoms with Crippen molar-refractivity contribution in [1.82, 2.24) is 0 Å². The van der Waals surface area contributed by atoms with Crippen molar-refractivity contribution in [2.75, 3.05) is 6.61 Å². The van der Waals surface area contributed by atoms with Crippen molar-refractivity contribution in [3.05, 3.63) is 23.2 Å². The van der Waals surface area contributed by atoms with Gasteiger partial charge in [0.1, 0.15) is 18.8 Å². The number of halogens is 1. The number of nitrogens with zero attached hydrogens (tertiary/aromatic N) is 1. The lowest BCUT2D eigenvalue weighted by molar-refractivity contribution is -0.0252. The van der Waals surface area contributed by atoms with Crippen LogP contribution in [-0.2, 0) is 0 Å². The minimum atomic E-state index is -1.65. The molecule has 0 aliphatic carbocycles. The third-order valence-corrected chi connectivity index (χ3v) is 2.76. The third-order valence-electron chi connectivity index (χ3n) is 2.52. The Morgan fingerprint density at radius 1 is 1.56 bits per heavy atom. The van der Waals surface area contributed by atoms with E-state index >= 15 is 0 Å². The number of fused-ring (bicyclic) bond motifs is 1. The van der Waals surface area contributed by atoms with E-state index in [1.807, 2.05) is 0 Å². The molecule has 1 heterocycles. The average Bonchev–Trinajstić information content (AvgIpc) is 2.39. The molecule has 84 valence electrons. The van der Waals surface area contributed by atoms with Crippen LogP contribution in [0.15, 0.2) is 18.2 Å². The van der Waals surface area contributed by atoms with Crippen LogP contribution in [-0.4, -0.2) is 23.4 Å². The minimum absolute atomic E-state index is 0.141. The molecule has 0 aromatic heterocycles. The van der Waals surface area contributed by atoms with Crippen molar-refractivity contribution in [3.8, 4) is 17.6 Å². The molecule has 0 saturated carbocycles. The van der Waals surface area contributed by atoms with Gasteiger partial charge in [-0.2, -0.15) is 5.26 Å². The fourth-order valence-corrected chi connectivity index (χ4v) is 1.57. The molecule has 2 rings (SSSR count). The summed E-state index contributed by atoms with van der Waals surface area (Å²) in [5.74, 6) is 0.911. The fourth-order valence-electron chi connectivity index (χ4n) is 1.41. The van der Waals surface area contributed by atoms with Gasteiger partial charge in [-0.15, -0.1) is 0 Å². The van der Waals surface area contributed by atoms with E-state index in [0.717, 1.165) is 0 Å². The molecule has 1 aromatic carbocycles. The smallest absolute Gasteiger partial charge is 0.222 e. The van der Waals surface area contributed by atoms with E-state index in [1.165, 1.54) is 0 Å². The molecule has 0 radical (unpaired) electrons. The Balaban J connectivity index is 2.38. The van der Waals surface area contributed by atoms with Crippen molar-refractivity contribution in [1.29, 1.82) is 5.26 Å². The Hall–Kier alpha value is -1.44. The first-order valence-corrected chi connectivity index (χ1v) is 5.15. The summed E-state index contributed by atoms with van der Waals surface area (Å²) >= 11 is 5.81. The van der Waals surface area contributed by atoms with E-state index in [9.17, 15) is 5.11 Å². The number of hydrogen-bond acceptors (Lipinski definition) is 4. The average molecular weight is 240 g/mol. The highest BCUT2D eigenvalue weighted by Crippen LogP contribution is 2.35. The lowest BCUT2D eigenvalue weighted by atomic mass is 10.0. The highest BCUT2D eigenvalue weighted by atomic mass is 35.5. The standard InChI is InChI=1S/C11H10ClNO3/c1-7-11(14,5-13)6-15-10-4-8(12)2-3-9(10)16-7/h2-4,7,14H,6H2,1H3. The van der Waals surface area contributed by atoms with Crippen LogP contribution in [0.25, 0.3) is 0 Å². The summed E-state index contributed by atoms with van der Waals surface area (Å²) in [5, 5.41) is 19.3. The van der Waals surface area contributed by atoms with Crippen LogP contribution in [0.1, 0.15) is 6.92 Å². The minimum Gasteiger partial charge on any atom is -0.485 e. The summed E-state index contributed by atoms with van der Waals surface area (Å²) in [6.07, 6.45) is -0.667. The Bertz CT molecular complexity index is 457. The van der Waals surface area contributed by atoms with Crippen molar-refractivity contribution in [2.24, 2.45) is 0 Å². The molecule has 1 N–H and O–H groups in total. The first-order chi connectivity index (χ1) is 7.55. The number of benzene rings is 1. The lowest BCUT2D eigenvalue weighted by Crippen LogP contribution is -2.46. The van der Waals surface area contributed by atoms with Gasteiger partial charge in [-0.05, 0) is 19.1 Å². The molecule has 1 aromatic rings. The Morgan fingerprint density at radius 2 is 2.31 bits per heavy atom. The van der Waals surface area contributed by atoms with Gasteiger partial charge in [0.2, 0.25) is 5.60 Å². The zero-order valence-electron chi connectivity index (χ0n) is 8.61. The number of ether oxygens (including phenoxy) is 2. The number of aliphatic hydroxyl groups is 1. The topological polar surface area (TPSA) is 62.5 Å². The van der Waals surface area contributed by atoms with E-state index in [-0.39, 0.29) is 6.61 Å². The van der Waals surface area contributed by atoms with Crippen LogP contribution in [0.5, 0.6) is 11.5 Å². The Kier molecular flexibility index (Phi) is 2.66. The van der Waals surface area contributed by atoms with E-state index in [1.54, 1.807) is 31.2 Å². The molecule has 4 nitrogen and oxygen atoms in total. The SMILES string of the molecule is CC1Oc2ccc(Cl)cc2OCC1(O)C#N. The second-order valence-corrected chi connectivity index (χ2v) is 4.11. The second-order valence-electron chi connectivity index (χ2n) is 3.68. The summed E-state index contributed by atoms with van der Waals surface area (Å²) in [7, 11) is 0. The predicted molar refractivity (Wildman–Crippen MR) is 57.6 cm³/mol. The van der Waals surface area contributed by atoms with Crippen LogP contribution in [0.3, 0.4) is 0 Å². The molecule has 1 aliphatic heterocycles. The largest absolute Gasteiger partial charge is 0.485 e. The van der Waals surface area contributed by atoms with Gasteiger partial charge in [-0.3, -0.25) is 0 Å². The third kappa shape index (κ3) is 1.80. The highest BCUT2D eigenvalue weighted by Gasteiger charge is 2.39. The van der Waals surface area contributed by atoms with E-state index in [0.29, 0.717) is 16.5 Å². The molecular formula is C11H10ClNO3. The van der Waals surface area contributed by atoms with Crippen LogP contribution >= 0.6 is 11.6 Å². The summed E-state index contributed by atoms with van der Waals surface area (Å²) in [6.45, 7) is 1.48. The summed E-state index contributed by atoms with van der Waals surface area (Å²) < 4.78 is 10.8. The molecular weight excluding hydrogens is 230 g/mol. The number of hydrogen-bond donors (Lipinski definition) is 1. The highest BCUT2D eigenvalue weighted by molar-refractivity contribution is 6.30. The monoisotopic (exact) mass is 239 g/mol. The maximum absolute atomic E-state index is 9.93. The Morgan fingerprint density at radius 3 is 3.00 bits per heavy atom.